The van der Waals surface area contributed by atoms with E-state index < -0.39 is 0 Å². The maximum atomic E-state index is 12.2. The number of esters is 1. The van der Waals surface area contributed by atoms with Crippen molar-refractivity contribution in [3.8, 4) is 0 Å². The Balaban J connectivity index is 3.34. The van der Waals surface area contributed by atoms with E-state index >= 15 is 0 Å². The molecule has 0 radical (unpaired) electrons. The molecule has 0 saturated carbocycles. The molecule has 0 heterocycles. The molecule has 0 fully saturated rings. The zero-order chi connectivity index (χ0) is 36.8. The number of carbonyl (C=O) groups is 1. The lowest BCUT2D eigenvalue weighted by Crippen LogP contribution is -2.09. The molecule has 0 rings (SSSR count). The van der Waals surface area contributed by atoms with Crippen molar-refractivity contribution < 1.29 is 9.53 Å². The summed E-state index contributed by atoms with van der Waals surface area (Å²) in [5.74, 6) is 3.28. The maximum absolute atomic E-state index is 12.2. The first kappa shape index (κ1) is 49.5. The van der Waals surface area contributed by atoms with E-state index in [1.54, 1.807) is 0 Å². The van der Waals surface area contributed by atoms with Gasteiger partial charge in [0.2, 0.25) is 0 Å². The van der Waals surface area contributed by atoms with Crippen LogP contribution in [0.2, 0.25) is 0 Å². The third kappa shape index (κ3) is 40.2. The van der Waals surface area contributed by atoms with Gasteiger partial charge in [-0.05, 0) is 36.5 Å². The van der Waals surface area contributed by atoms with Crippen LogP contribution in [0, 0.1) is 23.7 Å². The van der Waals surface area contributed by atoms with Gasteiger partial charge in [-0.3, -0.25) is 4.79 Å². The van der Waals surface area contributed by atoms with E-state index in [0.717, 1.165) is 30.6 Å². The van der Waals surface area contributed by atoms with E-state index in [-0.39, 0.29) is 5.97 Å². The molecule has 2 nitrogen and oxygen atoms in total. The lowest BCUT2D eigenvalue weighted by Gasteiger charge is -2.16. The molecule has 50 heavy (non-hydrogen) atoms. The molecule has 3 unspecified atom stereocenters. The first-order valence-corrected chi connectivity index (χ1v) is 23.5. The molecule has 0 aromatic rings. The summed E-state index contributed by atoms with van der Waals surface area (Å²) in [4.78, 5) is 12.2. The SMILES string of the molecule is CCCCCCCCCCCCCCCCCCCCCCCCCCCC(=O)OCCC(C)CCCC(C)CCCC(C)CCCC(C)C. The summed E-state index contributed by atoms with van der Waals surface area (Å²) in [6, 6.07) is 0. The molecule has 0 aromatic carbocycles. The van der Waals surface area contributed by atoms with Crippen molar-refractivity contribution in [2.24, 2.45) is 23.7 Å². The van der Waals surface area contributed by atoms with Crippen LogP contribution in [0.5, 0.6) is 0 Å². The Bertz CT molecular complexity index is 657. The first-order valence-electron chi connectivity index (χ1n) is 23.5. The fourth-order valence-corrected chi connectivity index (χ4v) is 7.79. The second kappa shape index (κ2) is 39.7. The Morgan fingerprint density at radius 3 is 0.960 bits per heavy atom. The van der Waals surface area contributed by atoms with Crippen molar-refractivity contribution in [3.05, 3.63) is 0 Å². The third-order valence-corrected chi connectivity index (χ3v) is 11.6. The van der Waals surface area contributed by atoms with Crippen LogP contribution in [0.1, 0.15) is 273 Å². The molecule has 0 aliphatic heterocycles. The van der Waals surface area contributed by atoms with Gasteiger partial charge in [0, 0.05) is 6.42 Å². The Kier molecular flexibility index (Phi) is 39.3. The zero-order valence-corrected chi connectivity index (χ0v) is 35.8. The van der Waals surface area contributed by atoms with E-state index in [1.165, 1.54) is 212 Å². The average molecular weight is 705 g/mol. The van der Waals surface area contributed by atoms with E-state index in [1.807, 2.05) is 0 Å². The molecule has 300 valence electrons. The Morgan fingerprint density at radius 2 is 0.640 bits per heavy atom. The summed E-state index contributed by atoms with van der Waals surface area (Å²) in [5.41, 5.74) is 0. The molecule has 0 amide bonds. The van der Waals surface area contributed by atoms with Gasteiger partial charge in [0.25, 0.3) is 0 Å². The van der Waals surface area contributed by atoms with Crippen molar-refractivity contribution in [3.63, 3.8) is 0 Å². The molecule has 0 spiro atoms. The first-order chi connectivity index (χ1) is 24.3. The summed E-state index contributed by atoms with van der Waals surface area (Å²) >= 11 is 0. The minimum absolute atomic E-state index is 0.0262. The molecule has 0 bridgehead atoms. The summed E-state index contributed by atoms with van der Waals surface area (Å²) in [6.07, 6.45) is 49.2. The highest BCUT2D eigenvalue weighted by atomic mass is 16.5. The van der Waals surface area contributed by atoms with E-state index in [0.29, 0.717) is 18.9 Å². The van der Waals surface area contributed by atoms with Gasteiger partial charge in [0.15, 0.2) is 0 Å². The molecule has 2 heteroatoms. The van der Waals surface area contributed by atoms with E-state index in [9.17, 15) is 4.79 Å². The predicted molar refractivity (Wildman–Crippen MR) is 225 cm³/mol. The Hall–Kier alpha value is -0.530. The van der Waals surface area contributed by atoms with Gasteiger partial charge in [0.1, 0.15) is 0 Å². The van der Waals surface area contributed by atoms with Crippen LogP contribution in [-0.4, -0.2) is 12.6 Å². The van der Waals surface area contributed by atoms with Gasteiger partial charge in [0.05, 0.1) is 6.61 Å². The number of hydrogen-bond acceptors (Lipinski definition) is 2. The lowest BCUT2D eigenvalue weighted by atomic mass is 9.91. The van der Waals surface area contributed by atoms with Gasteiger partial charge in [-0.15, -0.1) is 0 Å². The molecule has 0 aromatic heterocycles. The van der Waals surface area contributed by atoms with Gasteiger partial charge in [-0.25, -0.2) is 0 Å². The van der Waals surface area contributed by atoms with Crippen LogP contribution in [-0.2, 0) is 9.53 Å². The summed E-state index contributed by atoms with van der Waals surface area (Å²) in [7, 11) is 0. The summed E-state index contributed by atoms with van der Waals surface area (Å²) in [5, 5.41) is 0. The quantitative estimate of drug-likeness (QED) is 0.0468. The molecular weight excluding hydrogens is 609 g/mol. The largest absolute Gasteiger partial charge is 0.466 e. The number of ether oxygens (including phenoxy) is 1. The Labute approximate surface area is 317 Å². The van der Waals surface area contributed by atoms with Crippen LogP contribution < -0.4 is 0 Å². The highest BCUT2D eigenvalue weighted by Gasteiger charge is 2.10. The van der Waals surface area contributed by atoms with Crippen LogP contribution in [0.15, 0.2) is 0 Å². The third-order valence-electron chi connectivity index (χ3n) is 11.6. The van der Waals surface area contributed by atoms with Crippen LogP contribution in [0.4, 0.5) is 0 Å². The van der Waals surface area contributed by atoms with Gasteiger partial charge < -0.3 is 4.74 Å². The van der Waals surface area contributed by atoms with Gasteiger partial charge >= 0.3 is 5.97 Å². The molecule has 0 saturated heterocycles. The van der Waals surface area contributed by atoms with Crippen molar-refractivity contribution in [1.82, 2.24) is 0 Å². The second-order valence-electron chi connectivity index (χ2n) is 17.7. The van der Waals surface area contributed by atoms with E-state index in [4.69, 9.17) is 4.74 Å². The Morgan fingerprint density at radius 1 is 0.360 bits per heavy atom. The number of rotatable bonds is 41. The zero-order valence-electron chi connectivity index (χ0n) is 35.8. The average Bonchev–Trinajstić information content (AvgIpc) is 3.08. The molecule has 0 aliphatic rings. The maximum Gasteiger partial charge on any atom is 0.305 e. The fourth-order valence-electron chi connectivity index (χ4n) is 7.79. The summed E-state index contributed by atoms with van der Waals surface area (Å²) in [6.45, 7) is 14.8. The molecule has 0 aliphatic carbocycles. The smallest absolute Gasteiger partial charge is 0.305 e. The highest BCUT2D eigenvalue weighted by molar-refractivity contribution is 5.69. The van der Waals surface area contributed by atoms with Crippen molar-refractivity contribution in [2.45, 2.75) is 273 Å². The van der Waals surface area contributed by atoms with Crippen LogP contribution in [0.25, 0.3) is 0 Å². The van der Waals surface area contributed by atoms with Crippen molar-refractivity contribution in [2.75, 3.05) is 6.61 Å². The standard InChI is InChI=1S/C48H96O2/c1-7-8-9-10-11-12-13-14-15-16-17-18-19-20-21-22-23-24-25-26-27-28-29-30-31-41-48(49)50-43-42-47(6)40-34-39-46(5)38-33-37-45(4)36-32-35-44(2)3/h44-47H,7-43H2,1-6H3. The van der Waals surface area contributed by atoms with Crippen molar-refractivity contribution in [1.29, 1.82) is 0 Å². The van der Waals surface area contributed by atoms with Gasteiger partial charge in [-0.2, -0.15) is 0 Å². The monoisotopic (exact) mass is 705 g/mol. The molecule has 3 atom stereocenters. The minimum atomic E-state index is 0.0262. The van der Waals surface area contributed by atoms with Crippen molar-refractivity contribution >= 4 is 5.97 Å². The van der Waals surface area contributed by atoms with E-state index in [2.05, 4.69) is 41.5 Å². The fraction of sp³-hybridized carbons (Fsp3) is 0.979. The van der Waals surface area contributed by atoms with Gasteiger partial charge in [-0.1, -0.05) is 253 Å². The molecular formula is C48H96O2. The molecule has 0 N–H and O–H groups in total. The van der Waals surface area contributed by atoms with Crippen LogP contribution in [0.3, 0.4) is 0 Å². The summed E-state index contributed by atoms with van der Waals surface area (Å²) < 4.78 is 5.57. The normalized spacial score (nSPS) is 13.6. The topological polar surface area (TPSA) is 26.3 Å². The number of carbonyl (C=O) groups excluding carboxylic acids is 1. The number of hydrogen-bond donors (Lipinski definition) is 0. The minimum Gasteiger partial charge on any atom is -0.466 e. The van der Waals surface area contributed by atoms with Crippen LogP contribution >= 0.6 is 0 Å². The predicted octanol–water partition coefficient (Wildman–Crippen LogP) is 17.2. The highest BCUT2D eigenvalue weighted by Crippen LogP contribution is 2.23. The second-order valence-corrected chi connectivity index (χ2v) is 17.7. The number of unbranched alkanes of at least 4 members (excludes halogenated alkanes) is 24. The lowest BCUT2D eigenvalue weighted by molar-refractivity contribution is -0.144.